The molecular formula is C27H23ClN2O5. The fourth-order valence-electron chi connectivity index (χ4n) is 4.01. The molecule has 1 aliphatic heterocycles. The highest BCUT2D eigenvalue weighted by Crippen LogP contribution is 2.33. The fourth-order valence-corrected chi connectivity index (χ4v) is 4.23. The zero-order chi connectivity index (χ0) is 25.1. The molecule has 0 saturated heterocycles. The van der Waals surface area contributed by atoms with Crippen LogP contribution in [0.3, 0.4) is 0 Å². The van der Waals surface area contributed by atoms with Gasteiger partial charge in [0.2, 0.25) is 0 Å². The standard InChI is InChI=1S/C27H23ClN2O5/c1-3-16-8-7-9-17(4-2)24(16)29-23(31)15-35-27(34)18-12-13-19-20(14-18)26(33)30(25(19)32)22-11-6-5-10-21(22)28/h5-14H,3-4,15H2,1-2H3,(H,29,31). The minimum atomic E-state index is -0.779. The first-order chi connectivity index (χ1) is 16.8. The van der Waals surface area contributed by atoms with E-state index in [9.17, 15) is 19.2 Å². The van der Waals surface area contributed by atoms with Gasteiger partial charge >= 0.3 is 5.97 Å². The molecule has 0 radical (unpaired) electrons. The second-order valence-electron chi connectivity index (χ2n) is 7.94. The Balaban J connectivity index is 1.47. The summed E-state index contributed by atoms with van der Waals surface area (Å²) in [5, 5.41) is 3.09. The molecule has 0 bridgehead atoms. The minimum absolute atomic E-state index is 0.0573. The molecule has 0 spiro atoms. The highest BCUT2D eigenvalue weighted by Gasteiger charge is 2.38. The highest BCUT2D eigenvalue weighted by atomic mass is 35.5. The topological polar surface area (TPSA) is 92.8 Å². The van der Waals surface area contributed by atoms with Crippen molar-refractivity contribution in [3.05, 3.63) is 93.5 Å². The highest BCUT2D eigenvalue weighted by molar-refractivity contribution is 6.39. The van der Waals surface area contributed by atoms with Crippen molar-refractivity contribution in [1.29, 1.82) is 0 Å². The third-order valence-corrected chi connectivity index (χ3v) is 6.13. The molecule has 1 aliphatic rings. The number of carbonyl (C=O) groups is 4. The van der Waals surface area contributed by atoms with Crippen molar-refractivity contribution in [2.45, 2.75) is 26.7 Å². The van der Waals surface area contributed by atoms with Crippen LogP contribution in [0.5, 0.6) is 0 Å². The molecule has 0 fully saturated rings. The van der Waals surface area contributed by atoms with Crippen LogP contribution in [-0.4, -0.2) is 30.3 Å². The number of hydrogen-bond donors (Lipinski definition) is 1. The summed E-state index contributed by atoms with van der Waals surface area (Å²) in [5.74, 6) is -2.36. The Labute approximate surface area is 207 Å². The van der Waals surface area contributed by atoms with E-state index in [1.807, 2.05) is 32.0 Å². The van der Waals surface area contributed by atoms with Crippen LogP contribution in [-0.2, 0) is 22.4 Å². The van der Waals surface area contributed by atoms with Crippen molar-refractivity contribution in [3.63, 3.8) is 0 Å². The lowest BCUT2D eigenvalue weighted by Crippen LogP contribution is -2.29. The van der Waals surface area contributed by atoms with E-state index in [-0.39, 0.29) is 27.4 Å². The van der Waals surface area contributed by atoms with Crippen LogP contribution < -0.4 is 10.2 Å². The van der Waals surface area contributed by atoms with E-state index in [4.69, 9.17) is 16.3 Å². The molecule has 3 aromatic carbocycles. The van der Waals surface area contributed by atoms with Gasteiger partial charge in [-0.15, -0.1) is 0 Å². The van der Waals surface area contributed by atoms with E-state index in [0.717, 1.165) is 34.6 Å². The molecule has 3 aromatic rings. The average molecular weight is 491 g/mol. The minimum Gasteiger partial charge on any atom is -0.452 e. The van der Waals surface area contributed by atoms with Crippen LogP contribution in [0.1, 0.15) is 56.0 Å². The molecule has 0 atom stereocenters. The van der Waals surface area contributed by atoms with Gasteiger partial charge in [0.1, 0.15) is 0 Å². The smallest absolute Gasteiger partial charge is 0.338 e. The van der Waals surface area contributed by atoms with Crippen molar-refractivity contribution < 1.29 is 23.9 Å². The molecule has 4 rings (SSSR count). The van der Waals surface area contributed by atoms with Crippen LogP contribution >= 0.6 is 11.6 Å². The van der Waals surface area contributed by atoms with Crippen molar-refractivity contribution >= 4 is 46.7 Å². The number of nitrogens with one attached hydrogen (secondary N) is 1. The lowest BCUT2D eigenvalue weighted by atomic mass is 10.0. The summed E-state index contributed by atoms with van der Waals surface area (Å²) < 4.78 is 5.18. The largest absolute Gasteiger partial charge is 0.452 e. The van der Waals surface area contributed by atoms with Crippen LogP contribution in [0.2, 0.25) is 5.02 Å². The van der Waals surface area contributed by atoms with Gasteiger partial charge in [-0.1, -0.05) is 55.8 Å². The molecule has 3 amide bonds. The maximum Gasteiger partial charge on any atom is 0.338 e. The second kappa shape index (κ2) is 10.1. The average Bonchev–Trinajstić information content (AvgIpc) is 3.12. The maximum absolute atomic E-state index is 13.0. The zero-order valence-corrected chi connectivity index (χ0v) is 20.0. The number of nitrogens with zero attached hydrogens (tertiary/aromatic N) is 1. The number of rotatable bonds is 7. The van der Waals surface area contributed by atoms with E-state index in [2.05, 4.69) is 5.32 Å². The number of benzene rings is 3. The van der Waals surface area contributed by atoms with E-state index in [1.54, 1.807) is 24.3 Å². The number of esters is 1. The van der Waals surface area contributed by atoms with Crippen LogP contribution in [0.4, 0.5) is 11.4 Å². The Hall–Kier alpha value is -3.97. The summed E-state index contributed by atoms with van der Waals surface area (Å²) in [6.07, 6.45) is 1.49. The van der Waals surface area contributed by atoms with Gasteiger partial charge in [0.15, 0.2) is 6.61 Å². The maximum atomic E-state index is 13.0. The molecule has 7 nitrogen and oxygen atoms in total. The number of anilines is 2. The number of fused-ring (bicyclic) bond motifs is 1. The van der Waals surface area contributed by atoms with Crippen LogP contribution in [0, 0.1) is 0 Å². The van der Waals surface area contributed by atoms with E-state index >= 15 is 0 Å². The molecule has 0 aliphatic carbocycles. The zero-order valence-electron chi connectivity index (χ0n) is 19.3. The Morgan fingerprint density at radius 1 is 0.886 bits per heavy atom. The number of para-hydroxylation sites is 2. The number of ether oxygens (including phenoxy) is 1. The van der Waals surface area contributed by atoms with E-state index < -0.39 is 30.3 Å². The Morgan fingerprint density at radius 3 is 2.20 bits per heavy atom. The molecule has 0 saturated carbocycles. The second-order valence-corrected chi connectivity index (χ2v) is 8.35. The quantitative estimate of drug-likeness (QED) is 0.369. The number of halogens is 1. The molecule has 1 heterocycles. The van der Waals surface area contributed by atoms with Crippen molar-refractivity contribution in [2.24, 2.45) is 0 Å². The van der Waals surface area contributed by atoms with Crippen molar-refractivity contribution in [2.75, 3.05) is 16.8 Å². The summed E-state index contributed by atoms with van der Waals surface area (Å²) in [6, 6.07) is 16.4. The molecule has 0 unspecified atom stereocenters. The van der Waals surface area contributed by atoms with Gasteiger partial charge < -0.3 is 10.1 Å². The first-order valence-corrected chi connectivity index (χ1v) is 11.6. The molecule has 1 N–H and O–H groups in total. The Morgan fingerprint density at radius 2 is 1.54 bits per heavy atom. The SMILES string of the molecule is CCc1cccc(CC)c1NC(=O)COC(=O)c1ccc2c(c1)C(=O)N(c1ccccc1Cl)C2=O. The lowest BCUT2D eigenvalue weighted by Gasteiger charge is -2.15. The fraction of sp³-hybridized carbons (Fsp3) is 0.185. The van der Waals surface area contributed by atoms with Gasteiger partial charge in [-0.3, -0.25) is 14.4 Å². The molecule has 178 valence electrons. The molecule has 35 heavy (non-hydrogen) atoms. The summed E-state index contributed by atoms with van der Waals surface area (Å²) >= 11 is 6.17. The van der Waals surface area contributed by atoms with Gasteiger partial charge in [0, 0.05) is 5.69 Å². The summed E-state index contributed by atoms with van der Waals surface area (Å²) in [7, 11) is 0. The summed E-state index contributed by atoms with van der Waals surface area (Å²) in [6.45, 7) is 3.50. The first-order valence-electron chi connectivity index (χ1n) is 11.2. The Kier molecular flexibility index (Phi) is 6.98. The lowest BCUT2D eigenvalue weighted by molar-refractivity contribution is -0.119. The number of aryl methyl sites for hydroxylation is 2. The van der Waals surface area contributed by atoms with Crippen LogP contribution in [0.25, 0.3) is 0 Å². The van der Waals surface area contributed by atoms with E-state index in [1.165, 1.54) is 18.2 Å². The van der Waals surface area contributed by atoms with Gasteiger partial charge in [-0.05, 0) is 54.3 Å². The number of carbonyl (C=O) groups excluding carboxylic acids is 4. The normalized spacial score (nSPS) is 12.5. The monoisotopic (exact) mass is 490 g/mol. The predicted octanol–water partition coefficient (Wildman–Crippen LogP) is 5.06. The summed E-state index contributed by atoms with van der Waals surface area (Å²) in [5.41, 5.74) is 3.27. The third-order valence-electron chi connectivity index (χ3n) is 5.81. The first kappa shape index (κ1) is 24.2. The summed E-state index contributed by atoms with van der Waals surface area (Å²) in [4.78, 5) is 51.8. The number of imide groups is 1. The van der Waals surface area contributed by atoms with Crippen molar-refractivity contribution in [3.8, 4) is 0 Å². The molecule has 0 aromatic heterocycles. The number of amides is 3. The van der Waals surface area contributed by atoms with Crippen molar-refractivity contribution in [1.82, 2.24) is 0 Å². The predicted molar refractivity (Wildman–Crippen MR) is 133 cm³/mol. The van der Waals surface area contributed by atoms with Gasteiger partial charge in [0.05, 0.1) is 27.4 Å². The van der Waals surface area contributed by atoms with Gasteiger partial charge in [-0.2, -0.15) is 0 Å². The van der Waals surface area contributed by atoms with E-state index in [0.29, 0.717) is 0 Å². The molecular weight excluding hydrogens is 468 g/mol. The Bertz CT molecular complexity index is 1330. The number of hydrogen-bond acceptors (Lipinski definition) is 5. The van der Waals surface area contributed by atoms with Gasteiger partial charge in [-0.25, -0.2) is 9.69 Å². The third kappa shape index (κ3) is 4.68. The van der Waals surface area contributed by atoms with Gasteiger partial charge in [0.25, 0.3) is 17.7 Å². The molecule has 8 heteroatoms. The van der Waals surface area contributed by atoms with Crippen LogP contribution in [0.15, 0.2) is 60.7 Å².